The van der Waals surface area contributed by atoms with Crippen molar-refractivity contribution in [3.63, 3.8) is 0 Å². The number of hydrogen-bond acceptors (Lipinski definition) is 5. The number of nitrogens with one attached hydrogen (secondary N) is 1. The molecule has 5 nitrogen and oxygen atoms in total. The Morgan fingerprint density at radius 1 is 1.67 bits per heavy atom. The molecule has 6 heteroatoms. The zero-order valence-corrected chi connectivity index (χ0v) is 9.85. The zero-order valence-electron chi connectivity index (χ0n) is 9.03. The van der Waals surface area contributed by atoms with Crippen LogP contribution >= 0.6 is 11.3 Å². The Hall–Kier alpha value is -1.14. The Kier molecular flexibility index (Phi) is 3.65. The van der Waals surface area contributed by atoms with E-state index < -0.39 is 6.09 Å². The van der Waals surface area contributed by atoms with Crippen LogP contribution in [0.5, 0.6) is 5.19 Å². The lowest BCUT2D eigenvalue weighted by Gasteiger charge is -2.18. The van der Waals surface area contributed by atoms with Crippen molar-refractivity contribution < 1.29 is 9.53 Å². The SMILES string of the molecule is CC(C)(C)NC(=O)Oc1nc(CN)cs1. The van der Waals surface area contributed by atoms with Crippen LogP contribution in [0.15, 0.2) is 5.38 Å². The first-order valence-electron chi connectivity index (χ1n) is 4.55. The molecular formula is C9H15N3O2S. The van der Waals surface area contributed by atoms with Gasteiger partial charge in [0, 0.05) is 17.5 Å². The Morgan fingerprint density at radius 3 is 2.80 bits per heavy atom. The summed E-state index contributed by atoms with van der Waals surface area (Å²) < 4.78 is 4.97. The number of carbonyl (C=O) groups is 1. The lowest BCUT2D eigenvalue weighted by molar-refractivity contribution is 0.190. The highest BCUT2D eigenvalue weighted by Crippen LogP contribution is 2.17. The Bertz CT molecular complexity index is 343. The molecule has 0 aliphatic carbocycles. The Labute approximate surface area is 92.6 Å². The van der Waals surface area contributed by atoms with Crippen molar-refractivity contribution in [3.05, 3.63) is 11.1 Å². The van der Waals surface area contributed by atoms with Crippen LogP contribution in [0.4, 0.5) is 4.79 Å². The first-order valence-corrected chi connectivity index (χ1v) is 5.43. The van der Waals surface area contributed by atoms with Gasteiger partial charge >= 0.3 is 6.09 Å². The Morgan fingerprint density at radius 2 is 2.33 bits per heavy atom. The molecule has 0 aliphatic rings. The van der Waals surface area contributed by atoms with Crippen LogP contribution in [0, 0.1) is 0 Å². The Balaban J connectivity index is 2.51. The number of nitrogens with zero attached hydrogens (tertiary/aromatic N) is 1. The third-order valence-electron chi connectivity index (χ3n) is 1.40. The van der Waals surface area contributed by atoms with E-state index in [2.05, 4.69) is 10.3 Å². The number of thiazole rings is 1. The second kappa shape index (κ2) is 4.59. The van der Waals surface area contributed by atoms with Crippen molar-refractivity contribution in [3.8, 4) is 5.19 Å². The number of aromatic nitrogens is 1. The summed E-state index contributed by atoms with van der Waals surface area (Å²) in [6.07, 6.45) is -0.500. The second-order valence-corrected chi connectivity index (χ2v) is 4.89. The van der Waals surface area contributed by atoms with Crippen molar-refractivity contribution in [1.29, 1.82) is 0 Å². The van der Waals surface area contributed by atoms with Crippen LogP contribution in [-0.4, -0.2) is 16.6 Å². The molecule has 1 amide bonds. The van der Waals surface area contributed by atoms with E-state index in [1.807, 2.05) is 20.8 Å². The van der Waals surface area contributed by atoms with Gasteiger partial charge in [-0.15, -0.1) is 0 Å². The summed E-state index contributed by atoms with van der Waals surface area (Å²) in [5, 5.41) is 4.75. The van der Waals surface area contributed by atoms with Crippen LogP contribution in [0.1, 0.15) is 26.5 Å². The topological polar surface area (TPSA) is 77.2 Å². The molecule has 0 aromatic carbocycles. The fourth-order valence-electron chi connectivity index (χ4n) is 0.840. The highest BCUT2D eigenvalue weighted by atomic mass is 32.1. The first-order chi connectivity index (χ1) is 6.90. The largest absolute Gasteiger partial charge is 0.414 e. The van der Waals surface area contributed by atoms with E-state index in [0.29, 0.717) is 11.7 Å². The number of carbonyl (C=O) groups excluding carboxylic acids is 1. The van der Waals surface area contributed by atoms with Crippen molar-refractivity contribution in [2.24, 2.45) is 5.73 Å². The molecule has 0 unspecified atom stereocenters. The second-order valence-electron chi connectivity index (χ2n) is 4.07. The third-order valence-corrected chi connectivity index (χ3v) is 2.16. The summed E-state index contributed by atoms with van der Waals surface area (Å²) in [6, 6.07) is 0. The lowest BCUT2D eigenvalue weighted by atomic mass is 10.1. The molecule has 0 atom stereocenters. The summed E-state index contributed by atoms with van der Waals surface area (Å²) >= 11 is 1.25. The van der Waals surface area contributed by atoms with Crippen LogP contribution in [0.2, 0.25) is 0 Å². The van der Waals surface area contributed by atoms with Gasteiger partial charge in [-0.2, -0.15) is 0 Å². The molecule has 1 aromatic heterocycles. The van der Waals surface area contributed by atoms with E-state index in [1.165, 1.54) is 11.3 Å². The zero-order chi connectivity index (χ0) is 11.5. The summed E-state index contributed by atoms with van der Waals surface area (Å²) in [6.45, 7) is 5.98. The number of amides is 1. The van der Waals surface area contributed by atoms with E-state index in [1.54, 1.807) is 5.38 Å². The normalized spacial score (nSPS) is 11.2. The summed E-state index contributed by atoms with van der Waals surface area (Å²) in [5.74, 6) is 0. The minimum Gasteiger partial charge on any atom is -0.381 e. The average Bonchev–Trinajstić information content (AvgIpc) is 2.48. The molecule has 15 heavy (non-hydrogen) atoms. The van der Waals surface area contributed by atoms with Gasteiger partial charge in [0.05, 0.1) is 5.69 Å². The average molecular weight is 229 g/mol. The van der Waals surface area contributed by atoms with Crippen molar-refractivity contribution in [1.82, 2.24) is 10.3 Å². The molecule has 0 radical (unpaired) electrons. The first kappa shape index (κ1) is 11.9. The molecule has 0 aliphatic heterocycles. The van der Waals surface area contributed by atoms with Crippen LogP contribution in [-0.2, 0) is 6.54 Å². The molecule has 0 bridgehead atoms. The molecular weight excluding hydrogens is 214 g/mol. The smallest absolute Gasteiger partial charge is 0.381 e. The lowest BCUT2D eigenvalue weighted by Crippen LogP contribution is -2.42. The van der Waals surface area contributed by atoms with Crippen molar-refractivity contribution >= 4 is 17.4 Å². The van der Waals surface area contributed by atoms with E-state index in [9.17, 15) is 4.79 Å². The summed E-state index contributed by atoms with van der Waals surface area (Å²) in [7, 11) is 0. The number of hydrogen-bond donors (Lipinski definition) is 2. The van der Waals surface area contributed by atoms with Gasteiger partial charge in [-0.25, -0.2) is 9.78 Å². The molecule has 3 N–H and O–H groups in total. The van der Waals surface area contributed by atoms with E-state index >= 15 is 0 Å². The standard InChI is InChI=1S/C9H15N3O2S/c1-9(2,3)12-7(13)14-8-11-6(4-10)5-15-8/h5H,4,10H2,1-3H3,(H,12,13). The molecule has 0 saturated carbocycles. The molecule has 1 heterocycles. The highest BCUT2D eigenvalue weighted by molar-refractivity contribution is 7.11. The van der Waals surface area contributed by atoms with Crippen molar-refractivity contribution in [2.45, 2.75) is 32.9 Å². The molecule has 0 fully saturated rings. The quantitative estimate of drug-likeness (QED) is 0.805. The van der Waals surface area contributed by atoms with Crippen LogP contribution in [0.3, 0.4) is 0 Å². The summed E-state index contributed by atoms with van der Waals surface area (Å²) in [5.41, 5.74) is 5.79. The minimum absolute atomic E-state index is 0.314. The summed E-state index contributed by atoms with van der Waals surface area (Å²) in [4.78, 5) is 15.3. The minimum atomic E-state index is -0.500. The monoisotopic (exact) mass is 229 g/mol. The predicted octanol–water partition coefficient (Wildman–Crippen LogP) is 1.49. The van der Waals surface area contributed by atoms with Gasteiger partial charge in [0.2, 0.25) is 0 Å². The maximum Gasteiger partial charge on any atom is 0.414 e. The van der Waals surface area contributed by atoms with Gasteiger partial charge in [-0.05, 0) is 20.8 Å². The number of rotatable bonds is 2. The predicted molar refractivity (Wildman–Crippen MR) is 58.9 cm³/mol. The van der Waals surface area contributed by atoms with Crippen molar-refractivity contribution in [2.75, 3.05) is 0 Å². The fraction of sp³-hybridized carbons (Fsp3) is 0.556. The van der Waals surface area contributed by atoms with Gasteiger partial charge < -0.3 is 15.8 Å². The van der Waals surface area contributed by atoms with Gasteiger partial charge in [0.25, 0.3) is 5.19 Å². The van der Waals surface area contributed by atoms with Gasteiger partial charge in [-0.1, -0.05) is 11.3 Å². The maximum atomic E-state index is 11.3. The molecule has 0 spiro atoms. The third kappa shape index (κ3) is 4.26. The van der Waals surface area contributed by atoms with E-state index in [-0.39, 0.29) is 5.54 Å². The van der Waals surface area contributed by atoms with Gasteiger partial charge in [0.1, 0.15) is 0 Å². The van der Waals surface area contributed by atoms with Gasteiger partial charge in [0.15, 0.2) is 0 Å². The highest BCUT2D eigenvalue weighted by Gasteiger charge is 2.16. The number of nitrogens with two attached hydrogens (primary N) is 1. The van der Waals surface area contributed by atoms with E-state index in [4.69, 9.17) is 10.5 Å². The van der Waals surface area contributed by atoms with Crippen LogP contribution in [0.25, 0.3) is 0 Å². The molecule has 1 rings (SSSR count). The van der Waals surface area contributed by atoms with E-state index in [0.717, 1.165) is 5.69 Å². The molecule has 0 saturated heterocycles. The number of ether oxygens (including phenoxy) is 1. The molecule has 84 valence electrons. The molecule has 1 aromatic rings. The van der Waals surface area contributed by atoms with Crippen LogP contribution < -0.4 is 15.8 Å². The maximum absolute atomic E-state index is 11.3. The van der Waals surface area contributed by atoms with Gasteiger partial charge in [-0.3, -0.25) is 0 Å². The fourth-order valence-corrected chi connectivity index (χ4v) is 1.52.